The zero-order valence-electron chi connectivity index (χ0n) is 17.2. The van der Waals surface area contributed by atoms with Crippen molar-refractivity contribution in [3.63, 3.8) is 0 Å². The van der Waals surface area contributed by atoms with Crippen LogP contribution in [0.5, 0.6) is 11.5 Å². The number of fused-ring (bicyclic) bond motifs is 1. The lowest BCUT2D eigenvalue weighted by atomic mass is 10.1. The van der Waals surface area contributed by atoms with Crippen LogP contribution in [0.1, 0.15) is 34.7 Å². The number of nitrogens with zero attached hydrogens (tertiary/aromatic N) is 3. The molecule has 0 aliphatic carbocycles. The fraction of sp³-hybridized carbons (Fsp3) is 0.174. The SMILES string of the molecule is C[C@@H](NC(=O)c1ccc2c(Oc3ccc(C(F)(F)F)cc3)cccc2c1)c1ncnn1C. The molecule has 1 atom stereocenters. The Balaban J connectivity index is 1.54. The van der Waals surface area contributed by atoms with Gasteiger partial charge in [-0.05, 0) is 60.8 Å². The standard InChI is InChI=1S/C23H19F3N4O2/c1-14(21-27-13-28-30(21)2)29-22(31)16-6-11-19-15(12-16)4-3-5-20(19)32-18-9-7-17(8-10-18)23(24,25)26/h3-14H,1-2H3,(H,29,31)/t14-/m1/s1. The normalized spacial score (nSPS) is 12.5. The van der Waals surface area contributed by atoms with E-state index in [1.54, 1.807) is 42.1 Å². The van der Waals surface area contributed by atoms with Gasteiger partial charge in [-0.3, -0.25) is 9.48 Å². The van der Waals surface area contributed by atoms with Crippen LogP contribution >= 0.6 is 0 Å². The number of aromatic nitrogens is 3. The van der Waals surface area contributed by atoms with E-state index in [-0.39, 0.29) is 17.7 Å². The Labute approximate surface area is 181 Å². The molecular weight excluding hydrogens is 421 g/mol. The van der Waals surface area contributed by atoms with Gasteiger partial charge in [0, 0.05) is 18.0 Å². The summed E-state index contributed by atoms with van der Waals surface area (Å²) in [6.07, 6.45) is -2.98. The topological polar surface area (TPSA) is 69.0 Å². The molecule has 32 heavy (non-hydrogen) atoms. The van der Waals surface area contributed by atoms with E-state index in [1.807, 2.05) is 13.0 Å². The van der Waals surface area contributed by atoms with Crippen LogP contribution in [0.15, 0.2) is 67.0 Å². The molecule has 0 unspecified atom stereocenters. The number of carbonyl (C=O) groups excluding carboxylic acids is 1. The van der Waals surface area contributed by atoms with Gasteiger partial charge < -0.3 is 10.1 Å². The lowest BCUT2D eigenvalue weighted by molar-refractivity contribution is -0.137. The Hall–Kier alpha value is -3.88. The zero-order chi connectivity index (χ0) is 22.9. The molecule has 4 rings (SSSR count). The van der Waals surface area contributed by atoms with E-state index in [0.29, 0.717) is 17.1 Å². The van der Waals surface area contributed by atoms with Crippen molar-refractivity contribution in [2.24, 2.45) is 7.05 Å². The second kappa shape index (κ2) is 8.33. The Morgan fingerprint density at radius 3 is 2.50 bits per heavy atom. The molecule has 0 aliphatic rings. The quantitative estimate of drug-likeness (QED) is 0.459. The molecule has 0 saturated heterocycles. The van der Waals surface area contributed by atoms with Crippen molar-refractivity contribution in [1.29, 1.82) is 0 Å². The van der Waals surface area contributed by atoms with Crippen molar-refractivity contribution >= 4 is 16.7 Å². The summed E-state index contributed by atoms with van der Waals surface area (Å²) in [4.78, 5) is 16.8. The zero-order valence-corrected chi connectivity index (χ0v) is 17.2. The molecule has 4 aromatic rings. The first kappa shape index (κ1) is 21.4. The largest absolute Gasteiger partial charge is 0.457 e. The minimum Gasteiger partial charge on any atom is -0.457 e. The van der Waals surface area contributed by atoms with Crippen molar-refractivity contribution in [3.8, 4) is 11.5 Å². The number of rotatable bonds is 5. The highest BCUT2D eigenvalue weighted by atomic mass is 19.4. The van der Waals surface area contributed by atoms with E-state index in [4.69, 9.17) is 4.74 Å². The Bertz CT molecular complexity index is 1270. The van der Waals surface area contributed by atoms with Crippen LogP contribution < -0.4 is 10.1 Å². The highest BCUT2D eigenvalue weighted by molar-refractivity contribution is 6.00. The summed E-state index contributed by atoms with van der Waals surface area (Å²) in [5.41, 5.74) is -0.285. The molecule has 1 N–H and O–H groups in total. The molecule has 1 amide bonds. The summed E-state index contributed by atoms with van der Waals surface area (Å²) in [5.74, 6) is 1.12. The lowest BCUT2D eigenvalue weighted by Gasteiger charge is -2.14. The predicted molar refractivity (Wildman–Crippen MR) is 112 cm³/mol. The molecule has 1 aromatic heterocycles. The number of ether oxygens (including phenoxy) is 1. The predicted octanol–water partition coefficient (Wildman–Crippen LogP) is 5.27. The van der Waals surface area contributed by atoms with Crippen LogP contribution in [0.2, 0.25) is 0 Å². The van der Waals surface area contributed by atoms with Gasteiger partial charge in [0.05, 0.1) is 11.6 Å². The Kier molecular flexibility index (Phi) is 5.56. The summed E-state index contributed by atoms with van der Waals surface area (Å²) >= 11 is 0. The van der Waals surface area contributed by atoms with Gasteiger partial charge in [-0.25, -0.2) is 4.98 Å². The monoisotopic (exact) mass is 440 g/mol. The average molecular weight is 440 g/mol. The first-order valence-electron chi connectivity index (χ1n) is 9.75. The van der Waals surface area contributed by atoms with Crippen molar-refractivity contribution < 1.29 is 22.7 Å². The van der Waals surface area contributed by atoms with Gasteiger partial charge in [-0.15, -0.1) is 0 Å². The third-order valence-electron chi connectivity index (χ3n) is 4.99. The van der Waals surface area contributed by atoms with Crippen LogP contribution in [0, 0.1) is 0 Å². The van der Waals surface area contributed by atoms with Gasteiger partial charge in [0.25, 0.3) is 5.91 Å². The fourth-order valence-corrected chi connectivity index (χ4v) is 3.36. The molecule has 9 heteroatoms. The maximum absolute atomic E-state index is 12.8. The molecule has 0 spiro atoms. The van der Waals surface area contributed by atoms with Gasteiger partial charge in [0.2, 0.25) is 0 Å². The average Bonchev–Trinajstić information content (AvgIpc) is 3.19. The van der Waals surface area contributed by atoms with Gasteiger partial charge in [0.1, 0.15) is 23.7 Å². The molecule has 0 radical (unpaired) electrons. The number of aryl methyl sites for hydroxylation is 1. The minimum absolute atomic E-state index is 0.267. The number of benzene rings is 3. The van der Waals surface area contributed by atoms with Crippen LogP contribution in [0.3, 0.4) is 0 Å². The first-order valence-corrected chi connectivity index (χ1v) is 9.75. The molecule has 6 nitrogen and oxygen atoms in total. The van der Waals surface area contributed by atoms with Crippen molar-refractivity contribution in [2.75, 3.05) is 0 Å². The summed E-state index contributed by atoms with van der Waals surface area (Å²) in [6.45, 7) is 1.82. The fourth-order valence-electron chi connectivity index (χ4n) is 3.36. The third-order valence-corrected chi connectivity index (χ3v) is 4.99. The van der Waals surface area contributed by atoms with E-state index in [2.05, 4.69) is 15.4 Å². The van der Waals surface area contributed by atoms with Gasteiger partial charge in [-0.1, -0.05) is 12.1 Å². The molecule has 1 heterocycles. The second-order valence-corrected chi connectivity index (χ2v) is 7.25. The van der Waals surface area contributed by atoms with Crippen molar-refractivity contribution in [2.45, 2.75) is 19.1 Å². The van der Waals surface area contributed by atoms with Crippen LogP contribution in [0.25, 0.3) is 10.8 Å². The molecule has 0 fully saturated rings. The molecule has 3 aromatic carbocycles. The van der Waals surface area contributed by atoms with Crippen LogP contribution in [-0.2, 0) is 13.2 Å². The van der Waals surface area contributed by atoms with Crippen molar-refractivity contribution in [3.05, 3.63) is 83.9 Å². The maximum Gasteiger partial charge on any atom is 0.416 e. The summed E-state index contributed by atoms with van der Waals surface area (Å²) in [5, 5.41) is 8.38. The van der Waals surface area contributed by atoms with Gasteiger partial charge in [-0.2, -0.15) is 18.3 Å². The van der Waals surface area contributed by atoms with Crippen molar-refractivity contribution in [1.82, 2.24) is 20.1 Å². The summed E-state index contributed by atoms with van der Waals surface area (Å²) < 4.78 is 45.7. The molecule has 0 aliphatic heterocycles. The van der Waals surface area contributed by atoms with E-state index in [1.165, 1.54) is 18.5 Å². The highest BCUT2D eigenvalue weighted by Crippen LogP contribution is 2.33. The second-order valence-electron chi connectivity index (χ2n) is 7.25. The van der Waals surface area contributed by atoms with Crippen LogP contribution in [-0.4, -0.2) is 20.7 Å². The van der Waals surface area contributed by atoms with E-state index in [9.17, 15) is 18.0 Å². The number of carbonyl (C=O) groups is 1. The minimum atomic E-state index is -4.40. The molecule has 0 saturated carbocycles. The summed E-state index contributed by atoms with van der Waals surface area (Å²) in [7, 11) is 1.75. The third kappa shape index (κ3) is 4.41. The van der Waals surface area contributed by atoms with E-state index >= 15 is 0 Å². The number of alkyl halides is 3. The maximum atomic E-state index is 12.8. The van der Waals surface area contributed by atoms with Crippen LogP contribution in [0.4, 0.5) is 13.2 Å². The molecule has 164 valence electrons. The Morgan fingerprint density at radius 2 is 1.84 bits per heavy atom. The van der Waals surface area contributed by atoms with E-state index in [0.717, 1.165) is 22.9 Å². The molecule has 0 bridgehead atoms. The number of amides is 1. The first-order chi connectivity index (χ1) is 15.2. The van der Waals surface area contributed by atoms with Gasteiger partial charge in [0.15, 0.2) is 0 Å². The number of nitrogens with one attached hydrogen (secondary N) is 1. The number of hydrogen-bond donors (Lipinski definition) is 1. The molecular formula is C23H19F3N4O2. The van der Waals surface area contributed by atoms with Gasteiger partial charge >= 0.3 is 6.18 Å². The highest BCUT2D eigenvalue weighted by Gasteiger charge is 2.30. The smallest absolute Gasteiger partial charge is 0.416 e. The summed E-state index contributed by atoms with van der Waals surface area (Å²) in [6, 6.07) is 14.6. The number of halogens is 3. The Morgan fingerprint density at radius 1 is 1.09 bits per heavy atom. The van der Waals surface area contributed by atoms with E-state index < -0.39 is 11.7 Å². The number of hydrogen-bond acceptors (Lipinski definition) is 4. The lowest BCUT2D eigenvalue weighted by Crippen LogP contribution is -2.28.